The minimum atomic E-state index is -0.511. The van der Waals surface area contributed by atoms with Gasteiger partial charge in [-0.05, 0) is 18.9 Å². The maximum atomic E-state index is 12.0. The topological polar surface area (TPSA) is 82.3 Å². The number of nitrogens with one attached hydrogen (secondary N) is 1. The Hall–Kier alpha value is -2.32. The first-order chi connectivity index (χ1) is 9.72. The summed E-state index contributed by atoms with van der Waals surface area (Å²) < 4.78 is 4.96. The van der Waals surface area contributed by atoms with Gasteiger partial charge in [-0.2, -0.15) is 5.26 Å². The first-order valence-corrected chi connectivity index (χ1v) is 6.41. The third-order valence-corrected chi connectivity index (χ3v) is 2.66. The van der Waals surface area contributed by atoms with Crippen LogP contribution in [0.4, 0.5) is 0 Å². The van der Waals surface area contributed by atoms with E-state index in [2.05, 4.69) is 5.32 Å². The summed E-state index contributed by atoms with van der Waals surface area (Å²) in [7, 11) is 0. The van der Waals surface area contributed by atoms with Crippen molar-refractivity contribution < 1.29 is 14.6 Å². The van der Waals surface area contributed by atoms with E-state index in [1.54, 1.807) is 13.0 Å². The molecule has 1 unspecified atom stereocenters. The minimum Gasteiger partial charge on any atom is -0.500 e. The molecule has 106 valence electrons. The number of hydrogen-bond donors (Lipinski definition) is 2. The van der Waals surface area contributed by atoms with Crippen molar-refractivity contribution in [1.82, 2.24) is 5.32 Å². The lowest BCUT2D eigenvalue weighted by molar-refractivity contribution is -0.118. The molecule has 0 bridgehead atoms. The molecule has 1 aromatic carbocycles. The number of nitrogens with zero attached hydrogens (tertiary/aromatic N) is 1. The van der Waals surface area contributed by atoms with Gasteiger partial charge in [0, 0.05) is 6.61 Å². The van der Waals surface area contributed by atoms with Gasteiger partial charge >= 0.3 is 0 Å². The zero-order chi connectivity index (χ0) is 14.8. The van der Waals surface area contributed by atoms with Crippen LogP contribution >= 0.6 is 0 Å². The zero-order valence-electron chi connectivity index (χ0n) is 11.4. The van der Waals surface area contributed by atoms with Gasteiger partial charge in [-0.3, -0.25) is 4.79 Å². The highest BCUT2D eigenvalue weighted by Gasteiger charge is 2.17. The highest BCUT2D eigenvalue weighted by atomic mass is 16.5. The van der Waals surface area contributed by atoms with Crippen LogP contribution in [-0.2, 0) is 9.53 Å². The number of carbonyl (C=O) groups is 1. The molecule has 0 aliphatic carbocycles. The van der Waals surface area contributed by atoms with Gasteiger partial charge in [0.1, 0.15) is 12.3 Å². The first-order valence-electron chi connectivity index (χ1n) is 6.41. The molecule has 0 spiro atoms. The maximum Gasteiger partial charge on any atom is 0.265 e. The summed E-state index contributed by atoms with van der Waals surface area (Å²) in [5, 5.41) is 20.7. The number of benzene rings is 1. The predicted octanol–water partition coefficient (Wildman–Crippen LogP) is 1.67. The Kier molecular flexibility index (Phi) is 6.87. The second kappa shape index (κ2) is 8.73. The molecule has 0 heterocycles. The van der Waals surface area contributed by atoms with E-state index in [0.717, 1.165) is 11.8 Å². The van der Waals surface area contributed by atoms with Crippen LogP contribution in [0, 0.1) is 11.3 Å². The van der Waals surface area contributed by atoms with E-state index >= 15 is 0 Å². The predicted molar refractivity (Wildman–Crippen MR) is 74.4 cm³/mol. The molecule has 0 fully saturated rings. The normalized spacial score (nSPS) is 12.3. The summed E-state index contributed by atoms with van der Waals surface area (Å²) >= 11 is 0. The number of hydrogen-bond acceptors (Lipinski definition) is 4. The molecule has 0 aliphatic heterocycles. The molecule has 0 saturated heterocycles. The van der Waals surface area contributed by atoms with Crippen molar-refractivity contribution in [3.05, 3.63) is 47.7 Å². The minimum absolute atomic E-state index is 0.0586. The molecule has 1 amide bonds. The largest absolute Gasteiger partial charge is 0.500 e. The number of carbonyl (C=O) groups excluding carboxylic acids is 1. The SMILES string of the molecule is CCO/C=C(/C#N)C(=O)NC(CCO)c1ccccc1. The number of nitriles is 1. The first kappa shape index (κ1) is 15.7. The number of amides is 1. The van der Waals surface area contributed by atoms with Crippen molar-refractivity contribution in [2.45, 2.75) is 19.4 Å². The zero-order valence-corrected chi connectivity index (χ0v) is 11.4. The average molecular weight is 274 g/mol. The van der Waals surface area contributed by atoms with E-state index in [0.29, 0.717) is 13.0 Å². The van der Waals surface area contributed by atoms with E-state index in [9.17, 15) is 4.79 Å². The highest BCUT2D eigenvalue weighted by Crippen LogP contribution is 2.16. The summed E-state index contributed by atoms with van der Waals surface area (Å²) in [4.78, 5) is 12.0. The average Bonchev–Trinajstić information content (AvgIpc) is 2.48. The molecular weight excluding hydrogens is 256 g/mol. The smallest absolute Gasteiger partial charge is 0.265 e. The second-order valence-corrected chi connectivity index (χ2v) is 4.05. The van der Waals surface area contributed by atoms with Crippen LogP contribution < -0.4 is 5.32 Å². The van der Waals surface area contributed by atoms with Crippen molar-refractivity contribution in [2.75, 3.05) is 13.2 Å². The van der Waals surface area contributed by atoms with Crippen molar-refractivity contribution in [1.29, 1.82) is 5.26 Å². The van der Waals surface area contributed by atoms with Crippen LogP contribution in [-0.4, -0.2) is 24.2 Å². The van der Waals surface area contributed by atoms with Gasteiger partial charge in [-0.1, -0.05) is 30.3 Å². The molecule has 0 aliphatic rings. The Balaban J connectivity index is 2.81. The molecule has 5 nitrogen and oxygen atoms in total. The molecule has 2 N–H and O–H groups in total. The molecular formula is C15H18N2O3. The standard InChI is InChI=1S/C15H18N2O3/c1-2-20-11-13(10-16)15(19)17-14(8-9-18)12-6-4-3-5-7-12/h3-7,11,14,18H,2,8-9H2,1H3,(H,17,19)/b13-11-. The number of rotatable bonds is 7. The van der Waals surface area contributed by atoms with Crippen LogP contribution in [0.5, 0.6) is 0 Å². The Bertz CT molecular complexity index is 492. The van der Waals surface area contributed by atoms with Crippen LogP contribution in [0.2, 0.25) is 0 Å². The molecule has 0 saturated carbocycles. The number of aliphatic hydroxyl groups is 1. The van der Waals surface area contributed by atoms with E-state index < -0.39 is 5.91 Å². The van der Waals surface area contributed by atoms with E-state index in [-0.39, 0.29) is 18.2 Å². The highest BCUT2D eigenvalue weighted by molar-refractivity contribution is 5.97. The maximum absolute atomic E-state index is 12.0. The third kappa shape index (κ3) is 4.75. The fraction of sp³-hybridized carbons (Fsp3) is 0.333. The summed E-state index contributed by atoms with van der Waals surface area (Å²) in [6, 6.07) is 10.8. The summed E-state index contributed by atoms with van der Waals surface area (Å²) in [6.45, 7) is 2.09. The lowest BCUT2D eigenvalue weighted by Crippen LogP contribution is -2.30. The van der Waals surface area contributed by atoms with Crippen molar-refractivity contribution in [3.63, 3.8) is 0 Å². The summed E-state index contributed by atoms with van der Waals surface area (Å²) in [5.41, 5.74) is 0.786. The van der Waals surface area contributed by atoms with Gasteiger partial charge in [0.15, 0.2) is 5.57 Å². The molecule has 0 radical (unpaired) electrons. The fourth-order valence-corrected chi connectivity index (χ4v) is 1.67. The van der Waals surface area contributed by atoms with Gasteiger partial charge in [-0.25, -0.2) is 0 Å². The third-order valence-electron chi connectivity index (χ3n) is 2.66. The molecule has 1 aromatic rings. The summed E-state index contributed by atoms with van der Waals surface area (Å²) in [5.74, 6) is -0.511. The molecule has 1 rings (SSSR count). The lowest BCUT2D eigenvalue weighted by atomic mass is 10.0. The van der Waals surface area contributed by atoms with Gasteiger partial charge in [0.2, 0.25) is 0 Å². The van der Waals surface area contributed by atoms with E-state index in [1.807, 2.05) is 30.3 Å². The molecule has 5 heteroatoms. The van der Waals surface area contributed by atoms with Crippen LogP contribution in [0.15, 0.2) is 42.2 Å². The number of aliphatic hydroxyl groups excluding tert-OH is 1. The number of ether oxygens (including phenoxy) is 1. The Morgan fingerprint density at radius 2 is 2.20 bits per heavy atom. The van der Waals surface area contributed by atoms with Crippen LogP contribution in [0.1, 0.15) is 24.9 Å². The Labute approximate surface area is 118 Å². The monoisotopic (exact) mass is 274 g/mol. The van der Waals surface area contributed by atoms with Gasteiger partial charge in [0.25, 0.3) is 5.91 Å². The lowest BCUT2D eigenvalue weighted by Gasteiger charge is -2.17. The molecule has 0 aromatic heterocycles. The van der Waals surface area contributed by atoms with Gasteiger partial charge in [0.05, 0.1) is 12.6 Å². The van der Waals surface area contributed by atoms with Gasteiger partial charge < -0.3 is 15.2 Å². The van der Waals surface area contributed by atoms with Crippen molar-refractivity contribution >= 4 is 5.91 Å². The van der Waals surface area contributed by atoms with Crippen molar-refractivity contribution in [2.24, 2.45) is 0 Å². The second-order valence-electron chi connectivity index (χ2n) is 4.05. The molecule has 20 heavy (non-hydrogen) atoms. The van der Waals surface area contributed by atoms with E-state index in [4.69, 9.17) is 15.1 Å². The van der Waals surface area contributed by atoms with E-state index in [1.165, 1.54) is 0 Å². The fourth-order valence-electron chi connectivity index (χ4n) is 1.67. The van der Waals surface area contributed by atoms with Crippen molar-refractivity contribution in [3.8, 4) is 6.07 Å². The Morgan fingerprint density at radius 3 is 2.75 bits per heavy atom. The molecule has 1 atom stereocenters. The van der Waals surface area contributed by atoms with Crippen LogP contribution in [0.3, 0.4) is 0 Å². The van der Waals surface area contributed by atoms with Gasteiger partial charge in [-0.15, -0.1) is 0 Å². The Morgan fingerprint density at radius 1 is 1.50 bits per heavy atom. The summed E-state index contributed by atoms with van der Waals surface area (Å²) in [6.07, 6.45) is 1.53. The quantitative estimate of drug-likeness (QED) is 0.450. The van der Waals surface area contributed by atoms with Crippen LogP contribution in [0.25, 0.3) is 0 Å².